The SMILES string of the molecule is O=C(c1ccc(Cl)cc1)c1c[nH]c2ccc(F)cc12. The van der Waals surface area contributed by atoms with Crippen LogP contribution in [0.2, 0.25) is 5.02 Å². The van der Waals surface area contributed by atoms with Crippen molar-refractivity contribution in [1.82, 2.24) is 4.98 Å². The van der Waals surface area contributed by atoms with Crippen LogP contribution in [0.5, 0.6) is 0 Å². The predicted octanol–water partition coefficient (Wildman–Crippen LogP) is 4.19. The number of carbonyl (C=O) groups is 1. The molecule has 0 bridgehead atoms. The molecule has 1 aromatic heterocycles. The van der Waals surface area contributed by atoms with Crippen LogP contribution in [0.1, 0.15) is 15.9 Å². The maximum Gasteiger partial charge on any atom is 0.195 e. The van der Waals surface area contributed by atoms with Crippen LogP contribution in [-0.2, 0) is 0 Å². The Balaban J connectivity index is 2.11. The number of fused-ring (bicyclic) bond motifs is 1. The zero-order chi connectivity index (χ0) is 13.4. The summed E-state index contributed by atoms with van der Waals surface area (Å²) in [6, 6.07) is 11.0. The van der Waals surface area contributed by atoms with Gasteiger partial charge in [0.2, 0.25) is 0 Å². The second kappa shape index (κ2) is 4.52. The minimum atomic E-state index is -0.364. The predicted molar refractivity (Wildman–Crippen MR) is 73.1 cm³/mol. The van der Waals surface area contributed by atoms with Gasteiger partial charge in [0.25, 0.3) is 0 Å². The van der Waals surface area contributed by atoms with Crippen molar-refractivity contribution in [1.29, 1.82) is 0 Å². The van der Waals surface area contributed by atoms with Gasteiger partial charge in [-0.3, -0.25) is 4.79 Å². The Morgan fingerprint density at radius 2 is 1.84 bits per heavy atom. The molecule has 0 aliphatic carbocycles. The van der Waals surface area contributed by atoms with E-state index in [0.29, 0.717) is 21.5 Å². The number of hydrogen-bond donors (Lipinski definition) is 1. The number of aromatic nitrogens is 1. The van der Waals surface area contributed by atoms with Gasteiger partial charge in [0.15, 0.2) is 5.78 Å². The second-order valence-electron chi connectivity index (χ2n) is 4.23. The van der Waals surface area contributed by atoms with E-state index in [4.69, 9.17) is 11.6 Å². The Labute approximate surface area is 113 Å². The van der Waals surface area contributed by atoms with E-state index in [1.54, 1.807) is 36.5 Å². The van der Waals surface area contributed by atoms with Crippen LogP contribution in [-0.4, -0.2) is 10.8 Å². The Morgan fingerprint density at radius 1 is 1.11 bits per heavy atom. The maximum absolute atomic E-state index is 13.3. The lowest BCUT2D eigenvalue weighted by atomic mass is 10.0. The molecule has 0 aliphatic heterocycles. The summed E-state index contributed by atoms with van der Waals surface area (Å²) in [6.07, 6.45) is 1.60. The molecule has 2 nitrogen and oxygen atoms in total. The average molecular weight is 274 g/mol. The van der Waals surface area contributed by atoms with E-state index >= 15 is 0 Å². The average Bonchev–Trinajstić information content (AvgIpc) is 2.81. The van der Waals surface area contributed by atoms with Gasteiger partial charge in [-0.25, -0.2) is 4.39 Å². The van der Waals surface area contributed by atoms with Gasteiger partial charge in [-0.05, 0) is 42.5 Å². The molecule has 0 amide bonds. The van der Waals surface area contributed by atoms with E-state index in [2.05, 4.69) is 4.98 Å². The summed E-state index contributed by atoms with van der Waals surface area (Å²) < 4.78 is 13.3. The van der Waals surface area contributed by atoms with Gasteiger partial charge in [-0.1, -0.05) is 11.6 Å². The second-order valence-corrected chi connectivity index (χ2v) is 4.66. The number of hydrogen-bond acceptors (Lipinski definition) is 1. The molecule has 0 spiro atoms. The molecule has 0 fully saturated rings. The molecule has 1 N–H and O–H groups in total. The van der Waals surface area contributed by atoms with Crippen LogP contribution < -0.4 is 0 Å². The molecule has 0 saturated heterocycles. The third-order valence-electron chi connectivity index (χ3n) is 2.99. The van der Waals surface area contributed by atoms with Gasteiger partial charge in [-0.15, -0.1) is 0 Å². The molecule has 2 aromatic carbocycles. The van der Waals surface area contributed by atoms with Crippen LogP contribution in [0.15, 0.2) is 48.7 Å². The highest BCUT2D eigenvalue weighted by molar-refractivity contribution is 6.30. The highest BCUT2D eigenvalue weighted by Gasteiger charge is 2.14. The Hall–Kier alpha value is -2.13. The summed E-state index contributed by atoms with van der Waals surface area (Å²) in [7, 11) is 0. The third kappa shape index (κ3) is 2.13. The lowest BCUT2D eigenvalue weighted by molar-refractivity contribution is 0.104. The fourth-order valence-corrected chi connectivity index (χ4v) is 2.16. The van der Waals surface area contributed by atoms with Crippen molar-refractivity contribution >= 4 is 28.3 Å². The number of benzene rings is 2. The zero-order valence-corrected chi connectivity index (χ0v) is 10.5. The summed E-state index contributed by atoms with van der Waals surface area (Å²) in [5, 5.41) is 1.15. The van der Waals surface area contributed by atoms with Crippen molar-refractivity contribution in [3.05, 3.63) is 70.6 Å². The van der Waals surface area contributed by atoms with E-state index in [0.717, 1.165) is 5.52 Å². The number of carbonyl (C=O) groups excluding carboxylic acids is 1. The summed E-state index contributed by atoms with van der Waals surface area (Å²) in [5.41, 5.74) is 1.71. The maximum atomic E-state index is 13.3. The van der Waals surface area contributed by atoms with Crippen LogP contribution in [0.4, 0.5) is 4.39 Å². The lowest BCUT2D eigenvalue weighted by Crippen LogP contribution is -1.99. The number of nitrogens with one attached hydrogen (secondary N) is 1. The molecule has 0 atom stereocenters. The van der Waals surface area contributed by atoms with Gasteiger partial charge in [0, 0.05) is 33.2 Å². The fraction of sp³-hybridized carbons (Fsp3) is 0. The number of aromatic amines is 1. The van der Waals surface area contributed by atoms with E-state index in [1.165, 1.54) is 12.1 Å². The number of ketones is 1. The normalized spacial score (nSPS) is 10.8. The Morgan fingerprint density at radius 3 is 2.58 bits per heavy atom. The molecular formula is C15H9ClFNO. The molecule has 0 unspecified atom stereocenters. The van der Waals surface area contributed by atoms with Gasteiger partial charge >= 0.3 is 0 Å². The molecule has 4 heteroatoms. The van der Waals surface area contributed by atoms with E-state index < -0.39 is 0 Å². The van der Waals surface area contributed by atoms with Gasteiger partial charge in [0.05, 0.1) is 0 Å². The first-order chi connectivity index (χ1) is 9.15. The van der Waals surface area contributed by atoms with Crippen LogP contribution in [0.25, 0.3) is 10.9 Å². The van der Waals surface area contributed by atoms with Crippen molar-refractivity contribution in [3.63, 3.8) is 0 Å². The minimum Gasteiger partial charge on any atom is -0.360 e. The van der Waals surface area contributed by atoms with Crippen molar-refractivity contribution in [2.75, 3.05) is 0 Å². The van der Waals surface area contributed by atoms with Crippen molar-refractivity contribution < 1.29 is 9.18 Å². The van der Waals surface area contributed by atoms with Gasteiger partial charge in [0.1, 0.15) is 5.82 Å². The van der Waals surface area contributed by atoms with Gasteiger partial charge < -0.3 is 4.98 Å². The molecule has 94 valence electrons. The molecular weight excluding hydrogens is 265 g/mol. The van der Waals surface area contributed by atoms with E-state index in [1.807, 2.05) is 0 Å². The molecule has 0 aliphatic rings. The Bertz CT molecular complexity index is 761. The minimum absolute atomic E-state index is 0.159. The monoisotopic (exact) mass is 273 g/mol. The number of halogens is 2. The van der Waals surface area contributed by atoms with Crippen molar-refractivity contribution in [2.45, 2.75) is 0 Å². The largest absolute Gasteiger partial charge is 0.360 e. The highest BCUT2D eigenvalue weighted by atomic mass is 35.5. The first-order valence-corrected chi connectivity index (χ1v) is 6.10. The van der Waals surface area contributed by atoms with E-state index in [-0.39, 0.29) is 11.6 Å². The zero-order valence-electron chi connectivity index (χ0n) is 9.78. The number of H-pyrrole nitrogens is 1. The standard InChI is InChI=1S/C15H9ClFNO/c16-10-3-1-9(2-4-10)15(19)13-8-18-14-6-5-11(17)7-12(13)14/h1-8,18H. The first-order valence-electron chi connectivity index (χ1n) is 5.72. The molecule has 3 rings (SSSR count). The number of rotatable bonds is 2. The fourth-order valence-electron chi connectivity index (χ4n) is 2.04. The van der Waals surface area contributed by atoms with Crippen molar-refractivity contribution in [3.8, 4) is 0 Å². The molecule has 0 radical (unpaired) electrons. The van der Waals surface area contributed by atoms with Crippen LogP contribution in [0, 0.1) is 5.82 Å². The van der Waals surface area contributed by atoms with Crippen molar-refractivity contribution in [2.24, 2.45) is 0 Å². The molecule has 0 saturated carbocycles. The summed E-state index contributed by atoms with van der Waals surface area (Å²) in [5.74, 6) is -0.522. The summed E-state index contributed by atoms with van der Waals surface area (Å²) in [4.78, 5) is 15.3. The molecule has 19 heavy (non-hydrogen) atoms. The van der Waals surface area contributed by atoms with Crippen LogP contribution in [0.3, 0.4) is 0 Å². The molecule has 3 aromatic rings. The Kier molecular flexibility index (Phi) is 2.84. The third-order valence-corrected chi connectivity index (χ3v) is 3.25. The van der Waals surface area contributed by atoms with E-state index in [9.17, 15) is 9.18 Å². The topological polar surface area (TPSA) is 32.9 Å². The van der Waals surface area contributed by atoms with Gasteiger partial charge in [-0.2, -0.15) is 0 Å². The highest BCUT2D eigenvalue weighted by Crippen LogP contribution is 2.22. The quantitative estimate of drug-likeness (QED) is 0.698. The smallest absolute Gasteiger partial charge is 0.195 e. The molecule has 1 heterocycles. The lowest BCUT2D eigenvalue weighted by Gasteiger charge is -2.00. The van der Waals surface area contributed by atoms with Crippen LogP contribution >= 0.6 is 11.6 Å². The first kappa shape index (κ1) is 11.9. The summed E-state index contributed by atoms with van der Waals surface area (Å²) in [6.45, 7) is 0. The summed E-state index contributed by atoms with van der Waals surface area (Å²) >= 11 is 5.79.